The number of para-hydroxylation sites is 1. The fourth-order valence-corrected chi connectivity index (χ4v) is 3.08. The van der Waals surface area contributed by atoms with E-state index in [1.54, 1.807) is 48.5 Å². The molecule has 1 saturated carbocycles. The monoisotopic (exact) mass is 342 g/mol. The van der Waals surface area contributed by atoms with E-state index in [0.717, 1.165) is 25.7 Å². The van der Waals surface area contributed by atoms with Crippen molar-refractivity contribution < 1.29 is 9.59 Å². The van der Waals surface area contributed by atoms with E-state index in [1.165, 1.54) is 0 Å². The molecule has 2 N–H and O–H groups in total. The summed E-state index contributed by atoms with van der Waals surface area (Å²) in [6.45, 7) is 0. The summed E-state index contributed by atoms with van der Waals surface area (Å²) in [4.78, 5) is 24.7. The first kappa shape index (κ1) is 16.5. The maximum absolute atomic E-state index is 12.4. The maximum atomic E-state index is 12.4. The molecular weight excluding hydrogens is 324 g/mol. The number of hydrogen-bond donors (Lipinski definition) is 2. The molecule has 4 nitrogen and oxygen atoms in total. The molecule has 2 aromatic carbocycles. The topological polar surface area (TPSA) is 58.2 Å². The average molecular weight is 343 g/mol. The van der Waals surface area contributed by atoms with Gasteiger partial charge in [0.25, 0.3) is 11.8 Å². The summed E-state index contributed by atoms with van der Waals surface area (Å²) in [5.41, 5.74) is 1.47. The minimum Gasteiger partial charge on any atom is -0.349 e. The molecule has 2 aromatic rings. The third-order valence-corrected chi connectivity index (χ3v) is 4.53. The van der Waals surface area contributed by atoms with E-state index in [0.29, 0.717) is 21.8 Å². The van der Waals surface area contributed by atoms with Crippen molar-refractivity contribution in [1.82, 2.24) is 5.32 Å². The molecule has 0 aromatic heterocycles. The van der Waals surface area contributed by atoms with Crippen LogP contribution in [0.2, 0.25) is 5.02 Å². The van der Waals surface area contributed by atoms with Gasteiger partial charge in [-0.2, -0.15) is 0 Å². The highest BCUT2D eigenvalue weighted by Gasteiger charge is 2.18. The zero-order chi connectivity index (χ0) is 16.9. The highest BCUT2D eigenvalue weighted by molar-refractivity contribution is 6.33. The number of carbonyl (C=O) groups is 2. The van der Waals surface area contributed by atoms with E-state index < -0.39 is 0 Å². The SMILES string of the molecule is O=C(Nc1ccccc1Cl)c1cccc(C(=O)NC2CCCC2)c1. The predicted octanol–water partition coefficient (Wildman–Crippen LogP) is 4.26. The van der Waals surface area contributed by atoms with Gasteiger partial charge in [-0.25, -0.2) is 0 Å². The molecule has 24 heavy (non-hydrogen) atoms. The van der Waals surface area contributed by atoms with E-state index in [-0.39, 0.29) is 17.9 Å². The molecule has 1 fully saturated rings. The van der Waals surface area contributed by atoms with Crippen LogP contribution in [-0.4, -0.2) is 17.9 Å². The van der Waals surface area contributed by atoms with Gasteiger partial charge in [-0.3, -0.25) is 9.59 Å². The highest BCUT2D eigenvalue weighted by Crippen LogP contribution is 2.21. The number of nitrogens with one attached hydrogen (secondary N) is 2. The number of hydrogen-bond acceptors (Lipinski definition) is 2. The average Bonchev–Trinajstić information content (AvgIpc) is 3.10. The number of benzene rings is 2. The Hall–Kier alpha value is -2.33. The Balaban J connectivity index is 1.71. The number of halogens is 1. The Morgan fingerprint density at radius 3 is 2.29 bits per heavy atom. The Morgan fingerprint density at radius 1 is 0.917 bits per heavy atom. The summed E-state index contributed by atoms with van der Waals surface area (Å²) < 4.78 is 0. The second kappa shape index (κ2) is 7.49. The van der Waals surface area contributed by atoms with Crippen LogP contribution in [0.1, 0.15) is 46.4 Å². The predicted molar refractivity (Wildman–Crippen MR) is 95.6 cm³/mol. The first-order valence-electron chi connectivity index (χ1n) is 8.10. The van der Waals surface area contributed by atoms with Gasteiger partial charge in [-0.1, -0.05) is 42.6 Å². The van der Waals surface area contributed by atoms with Crippen molar-refractivity contribution in [2.45, 2.75) is 31.7 Å². The molecule has 0 spiro atoms. The number of amides is 2. The van der Waals surface area contributed by atoms with Gasteiger partial charge in [0, 0.05) is 17.2 Å². The minimum atomic E-state index is -0.293. The van der Waals surface area contributed by atoms with E-state index in [9.17, 15) is 9.59 Å². The molecule has 0 atom stereocenters. The van der Waals surface area contributed by atoms with E-state index >= 15 is 0 Å². The lowest BCUT2D eigenvalue weighted by atomic mass is 10.1. The maximum Gasteiger partial charge on any atom is 0.255 e. The Bertz CT molecular complexity index is 755. The lowest BCUT2D eigenvalue weighted by Gasteiger charge is -2.12. The van der Waals surface area contributed by atoms with E-state index in [2.05, 4.69) is 10.6 Å². The van der Waals surface area contributed by atoms with Gasteiger partial charge in [0.2, 0.25) is 0 Å². The molecule has 5 heteroatoms. The van der Waals surface area contributed by atoms with Crippen LogP contribution in [-0.2, 0) is 0 Å². The first-order valence-corrected chi connectivity index (χ1v) is 8.48. The lowest BCUT2D eigenvalue weighted by Crippen LogP contribution is -2.32. The van der Waals surface area contributed by atoms with Gasteiger partial charge in [0.1, 0.15) is 0 Å². The van der Waals surface area contributed by atoms with Crippen LogP contribution in [0.4, 0.5) is 5.69 Å². The highest BCUT2D eigenvalue weighted by atomic mass is 35.5. The smallest absolute Gasteiger partial charge is 0.255 e. The number of carbonyl (C=O) groups excluding carboxylic acids is 2. The number of anilines is 1. The molecule has 0 saturated heterocycles. The van der Waals surface area contributed by atoms with Crippen molar-refractivity contribution >= 4 is 29.1 Å². The fraction of sp³-hybridized carbons (Fsp3) is 0.263. The van der Waals surface area contributed by atoms with Gasteiger partial charge in [-0.15, -0.1) is 0 Å². The molecule has 0 unspecified atom stereocenters. The van der Waals surface area contributed by atoms with Gasteiger partial charge < -0.3 is 10.6 Å². The van der Waals surface area contributed by atoms with Crippen LogP contribution < -0.4 is 10.6 Å². The summed E-state index contributed by atoms with van der Waals surface area (Å²) in [5.74, 6) is -0.423. The van der Waals surface area contributed by atoms with Crippen LogP contribution >= 0.6 is 11.6 Å². The zero-order valence-electron chi connectivity index (χ0n) is 13.2. The van der Waals surface area contributed by atoms with Gasteiger partial charge in [-0.05, 0) is 43.2 Å². The summed E-state index contributed by atoms with van der Waals surface area (Å²) >= 11 is 6.05. The molecule has 0 heterocycles. The summed E-state index contributed by atoms with van der Waals surface area (Å²) in [6, 6.07) is 14.0. The van der Waals surface area contributed by atoms with E-state index in [4.69, 9.17) is 11.6 Å². The third-order valence-electron chi connectivity index (χ3n) is 4.20. The molecule has 1 aliphatic rings. The minimum absolute atomic E-state index is 0.130. The second-order valence-electron chi connectivity index (χ2n) is 5.97. The van der Waals surface area contributed by atoms with Crippen molar-refractivity contribution in [3.05, 3.63) is 64.7 Å². The molecule has 1 aliphatic carbocycles. The van der Waals surface area contributed by atoms with Crippen LogP contribution in [0.25, 0.3) is 0 Å². The zero-order valence-corrected chi connectivity index (χ0v) is 14.0. The molecule has 124 valence electrons. The Labute approximate surface area is 146 Å². The molecule has 3 rings (SSSR count). The third kappa shape index (κ3) is 3.95. The molecule has 0 bridgehead atoms. The fourth-order valence-electron chi connectivity index (χ4n) is 2.90. The van der Waals surface area contributed by atoms with Crippen LogP contribution in [0.15, 0.2) is 48.5 Å². The summed E-state index contributed by atoms with van der Waals surface area (Å²) in [7, 11) is 0. The van der Waals surface area contributed by atoms with Crippen LogP contribution in [0.5, 0.6) is 0 Å². The standard InChI is InChI=1S/C19H19ClN2O2/c20-16-10-3-4-11-17(16)22-19(24)14-7-5-6-13(12-14)18(23)21-15-8-1-2-9-15/h3-7,10-12,15H,1-2,8-9H2,(H,21,23)(H,22,24). The normalized spacial score (nSPS) is 14.4. The molecular formula is C19H19ClN2O2. The second-order valence-corrected chi connectivity index (χ2v) is 6.38. The van der Waals surface area contributed by atoms with Crippen molar-refractivity contribution in [3.63, 3.8) is 0 Å². The van der Waals surface area contributed by atoms with Crippen LogP contribution in [0.3, 0.4) is 0 Å². The van der Waals surface area contributed by atoms with Crippen molar-refractivity contribution in [3.8, 4) is 0 Å². The van der Waals surface area contributed by atoms with Crippen molar-refractivity contribution in [2.24, 2.45) is 0 Å². The molecule has 0 aliphatic heterocycles. The van der Waals surface area contributed by atoms with Crippen molar-refractivity contribution in [1.29, 1.82) is 0 Å². The van der Waals surface area contributed by atoms with Gasteiger partial charge in [0.15, 0.2) is 0 Å². The molecule has 2 amide bonds. The molecule has 0 radical (unpaired) electrons. The summed E-state index contributed by atoms with van der Waals surface area (Å²) in [6.07, 6.45) is 4.37. The summed E-state index contributed by atoms with van der Waals surface area (Å²) in [5, 5.41) is 6.26. The quantitative estimate of drug-likeness (QED) is 0.872. The van der Waals surface area contributed by atoms with Gasteiger partial charge in [0.05, 0.1) is 10.7 Å². The lowest BCUT2D eigenvalue weighted by molar-refractivity contribution is 0.0938. The van der Waals surface area contributed by atoms with Crippen LogP contribution in [0, 0.1) is 0 Å². The van der Waals surface area contributed by atoms with Crippen molar-refractivity contribution in [2.75, 3.05) is 5.32 Å². The van der Waals surface area contributed by atoms with E-state index in [1.807, 2.05) is 0 Å². The van der Waals surface area contributed by atoms with Gasteiger partial charge >= 0.3 is 0 Å². The number of rotatable bonds is 4. The largest absolute Gasteiger partial charge is 0.349 e. The first-order chi connectivity index (χ1) is 11.6. The Kier molecular flexibility index (Phi) is 5.16. The Morgan fingerprint density at radius 2 is 1.58 bits per heavy atom.